The molecule has 0 saturated heterocycles. The third-order valence-electron chi connectivity index (χ3n) is 6.19. The first-order valence-electron chi connectivity index (χ1n) is 11.6. The summed E-state index contributed by atoms with van der Waals surface area (Å²) in [5, 5.41) is 13.9. The van der Waals surface area contributed by atoms with Gasteiger partial charge in [0.25, 0.3) is 0 Å². The molecule has 0 bridgehead atoms. The molecule has 37 heavy (non-hydrogen) atoms. The molecule has 0 spiro atoms. The minimum atomic E-state index is -4.51. The van der Waals surface area contributed by atoms with E-state index in [0.29, 0.717) is 29.5 Å². The molecule has 0 fully saturated rings. The molecule has 5 aromatic rings. The Hall–Kier alpha value is -3.84. The first-order valence-corrected chi connectivity index (χ1v) is 12.4. The number of benzene rings is 4. The maximum Gasteiger partial charge on any atom is 0.418 e. The van der Waals surface area contributed by atoms with Gasteiger partial charge in [0.2, 0.25) is 0 Å². The van der Waals surface area contributed by atoms with Crippen LogP contribution in [0, 0.1) is 0 Å². The van der Waals surface area contributed by atoms with Crippen LogP contribution in [-0.2, 0) is 19.1 Å². The number of nitrogens with zero attached hydrogens (tertiary/aromatic N) is 1. The van der Waals surface area contributed by atoms with Gasteiger partial charge in [0.05, 0.1) is 11.1 Å². The highest BCUT2D eigenvalue weighted by Crippen LogP contribution is 2.39. The number of anilines is 1. The zero-order valence-electron chi connectivity index (χ0n) is 19.6. The van der Waals surface area contributed by atoms with Gasteiger partial charge in [0, 0.05) is 33.9 Å². The van der Waals surface area contributed by atoms with Crippen LogP contribution in [-0.4, -0.2) is 10.1 Å². The Morgan fingerprint density at radius 2 is 1.62 bits per heavy atom. The number of rotatable bonds is 6. The second-order valence-corrected chi connectivity index (χ2v) is 9.64. The second-order valence-electron chi connectivity index (χ2n) is 8.73. The van der Waals surface area contributed by atoms with Gasteiger partial charge in [0.1, 0.15) is 5.75 Å². The number of hydrogen-bond donors (Lipinski definition) is 2. The average Bonchev–Trinajstić information content (AvgIpc) is 2.89. The van der Waals surface area contributed by atoms with Crippen LogP contribution in [0.3, 0.4) is 0 Å². The fourth-order valence-corrected chi connectivity index (χ4v) is 4.87. The van der Waals surface area contributed by atoms with Gasteiger partial charge in [-0.1, -0.05) is 70.5 Å². The van der Waals surface area contributed by atoms with E-state index in [1.807, 2.05) is 60.7 Å². The van der Waals surface area contributed by atoms with E-state index >= 15 is 0 Å². The van der Waals surface area contributed by atoms with Crippen molar-refractivity contribution in [1.29, 1.82) is 0 Å². The fourth-order valence-electron chi connectivity index (χ4n) is 4.46. The van der Waals surface area contributed by atoms with Crippen molar-refractivity contribution in [3.63, 3.8) is 0 Å². The molecule has 0 aliphatic heterocycles. The van der Waals surface area contributed by atoms with Crippen LogP contribution in [0.15, 0.2) is 102 Å². The van der Waals surface area contributed by atoms with E-state index in [-0.39, 0.29) is 11.3 Å². The first kappa shape index (κ1) is 24.8. The lowest BCUT2D eigenvalue weighted by molar-refractivity contribution is -0.136. The number of phenolic OH excluding ortho intramolecular Hbond substituents is 1. The van der Waals surface area contributed by atoms with Crippen molar-refractivity contribution in [3.8, 4) is 16.9 Å². The van der Waals surface area contributed by atoms with Crippen molar-refractivity contribution in [1.82, 2.24) is 4.98 Å². The smallest absolute Gasteiger partial charge is 0.418 e. The summed E-state index contributed by atoms with van der Waals surface area (Å²) in [6.45, 7) is 0.376. The van der Waals surface area contributed by atoms with Crippen LogP contribution in [0.2, 0.25) is 0 Å². The highest BCUT2D eigenvalue weighted by molar-refractivity contribution is 9.10. The number of aromatic hydroxyl groups is 1. The van der Waals surface area contributed by atoms with Crippen molar-refractivity contribution in [2.75, 3.05) is 5.32 Å². The molecule has 0 atom stereocenters. The Labute approximate surface area is 220 Å². The number of pyridine rings is 1. The van der Waals surface area contributed by atoms with Crippen molar-refractivity contribution in [2.45, 2.75) is 19.1 Å². The summed E-state index contributed by atoms with van der Waals surface area (Å²) in [5.41, 5.74) is 4.04. The van der Waals surface area contributed by atoms with Gasteiger partial charge in [-0.05, 0) is 65.1 Å². The van der Waals surface area contributed by atoms with E-state index in [1.165, 1.54) is 6.07 Å². The summed E-state index contributed by atoms with van der Waals surface area (Å²) in [4.78, 5) is 4.28. The Balaban J connectivity index is 1.60. The molecule has 5 rings (SSSR count). The zero-order valence-corrected chi connectivity index (χ0v) is 21.1. The molecule has 4 aromatic carbocycles. The molecular weight excluding hydrogens is 541 g/mol. The molecule has 186 valence electrons. The predicted octanol–water partition coefficient (Wildman–Crippen LogP) is 8.59. The minimum absolute atomic E-state index is 0.0702. The van der Waals surface area contributed by atoms with Gasteiger partial charge in [0.15, 0.2) is 0 Å². The predicted molar refractivity (Wildman–Crippen MR) is 145 cm³/mol. The molecule has 0 aliphatic carbocycles. The third-order valence-corrected chi connectivity index (χ3v) is 6.69. The van der Waals surface area contributed by atoms with Crippen molar-refractivity contribution >= 4 is 32.5 Å². The molecule has 0 saturated carbocycles. The van der Waals surface area contributed by atoms with E-state index in [9.17, 15) is 18.3 Å². The Bertz CT molecular complexity index is 1570. The van der Waals surface area contributed by atoms with Crippen molar-refractivity contribution < 1.29 is 18.3 Å². The summed E-state index contributed by atoms with van der Waals surface area (Å²) in [6, 6.07) is 26.8. The SMILES string of the molecule is Oc1ccc(Br)cc1CNc1cccc(-c2c(Cc3ccccc3)cnc3c(C(F)(F)F)cccc23)c1. The summed E-state index contributed by atoms with van der Waals surface area (Å²) in [5.74, 6) is 0.178. The molecule has 2 N–H and O–H groups in total. The number of hydrogen-bond acceptors (Lipinski definition) is 3. The molecule has 0 radical (unpaired) electrons. The Kier molecular flexibility index (Phi) is 6.89. The molecule has 0 unspecified atom stereocenters. The molecule has 3 nitrogen and oxygen atoms in total. The van der Waals surface area contributed by atoms with Gasteiger partial charge in [-0.2, -0.15) is 13.2 Å². The number of alkyl halides is 3. The molecular formula is C30H22BrF3N2O. The summed E-state index contributed by atoms with van der Waals surface area (Å²) >= 11 is 3.42. The summed E-state index contributed by atoms with van der Waals surface area (Å²) in [6.07, 6.45) is -2.43. The number of aromatic nitrogens is 1. The molecule has 1 heterocycles. The van der Waals surface area contributed by atoms with E-state index in [2.05, 4.69) is 26.2 Å². The van der Waals surface area contributed by atoms with Crippen LogP contribution in [0.25, 0.3) is 22.0 Å². The Morgan fingerprint density at radius 3 is 2.41 bits per heavy atom. The van der Waals surface area contributed by atoms with Crippen LogP contribution in [0.5, 0.6) is 5.75 Å². The van der Waals surface area contributed by atoms with Crippen LogP contribution in [0.4, 0.5) is 18.9 Å². The summed E-state index contributed by atoms with van der Waals surface area (Å²) < 4.78 is 42.3. The van der Waals surface area contributed by atoms with Gasteiger partial charge >= 0.3 is 6.18 Å². The molecule has 0 amide bonds. The number of nitrogens with one attached hydrogen (secondary N) is 1. The molecule has 0 aliphatic rings. The molecule has 1 aromatic heterocycles. The first-order chi connectivity index (χ1) is 17.8. The number of halogens is 4. The van der Waals surface area contributed by atoms with E-state index < -0.39 is 11.7 Å². The van der Waals surface area contributed by atoms with E-state index in [1.54, 1.807) is 24.4 Å². The minimum Gasteiger partial charge on any atom is -0.508 e. The van der Waals surface area contributed by atoms with Crippen molar-refractivity contribution in [2.24, 2.45) is 0 Å². The standard InChI is InChI=1S/C30H22BrF3N2O/c31-23-12-13-27(37)21(15-23)17-35-24-9-4-8-20(16-24)28-22(14-19-6-2-1-3-7-19)18-36-29-25(28)10-5-11-26(29)30(32,33)34/h1-13,15-16,18,35,37H,14,17H2. The lowest BCUT2D eigenvalue weighted by Gasteiger charge is -2.17. The van der Waals surface area contributed by atoms with Crippen LogP contribution in [0.1, 0.15) is 22.3 Å². The highest BCUT2D eigenvalue weighted by Gasteiger charge is 2.33. The van der Waals surface area contributed by atoms with Crippen molar-refractivity contribution in [3.05, 3.63) is 124 Å². The van der Waals surface area contributed by atoms with E-state index in [0.717, 1.165) is 32.9 Å². The summed E-state index contributed by atoms with van der Waals surface area (Å²) in [7, 11) is 0. The maximum atomic E-state index is 13.8. The number of phenols is 1. The maximum absolute atomic E-state index is 13.8. The lowest BCUT2D eigenvalue weighted by atomic mass is 9.91. The molecule has 7 heteroatoms. The second kappa shape index (κ2) is 10.3. The van der Waals surface area contributed by atoms with E-state index in [4.69, 9.17) is 0 Å². The zero-order chi connectivity index (χ0) is 26.0. The largest absolute Gasteiger partial charge is 0.508 e. The quantitative estimate of drug-likeness (QED) is 0.218. The monoisotopic (exact) mass is 562 g/mol. The third kappa shape index (κ3) is 5.47. The van der Waals surface area contributed by atoms with Gasteiger partial charge in [-0.3, -0.25) is 4.98 Å². The number of fused-ring (bicyclic) bond motifs is 1. The Morgan fingerprint density at radius 1 is 0.838 bits per heavy atom. The normalized spacial score (nSPS) is 11.6. The average molecular weight is 563 g/mol. The van der Waals surface area contributed by atoms with Gasteiger partial charge in [-0.25, -0.2) is 0 Å². The van der Waals surface area contributed by atoms with Crippen LogP contribution >= 0.6 is 15.9 Å². The van der Waals surface area contributed by atoms with Crippen LogP contribution < -0.4 is 5.32 Å². The highest BCUT2D eigenvalue weighted by atomic mass is 79.9. The van der Waals surface area contributed by atoms with Gasteiger partial charge < -0.3 is 10.4 Å². The van der Waals surface area contributed by atoms with Gasteiger partial charge in [-0.15, -0.1) is 0 Å². The number of para-hydroxylation sites is 1. The fraction of sp³-hybridized carbons (Fsp3) is 0.100. The topological polar surface area (TPSA) is 45.1 Å². The lowest BCUT2D eigenvalue weighted by Crippen LogP contribution is -2.07.